The van der Waals surface area contributed by atoms with Crippen molar-refractivity contribution in [1.29, 1.82) is 0 Å². The van der Waals surface area contributed by atoms with E-state index in [1.807, 2.05) is 18.2 Å². The van der Waals surface area contributed by atoms with Gasteiger partial charge in [-0.1, -0.05) is 18.2 Å². The normalized spacial score (nSPS) is 12.8. The fourth-order valence-electron chi connectivity index (χ4n) is 2.79. The number of benzene rings is 2. The summed E-state index contributed by atoms with van der Waals surface area (Å²) in [6.07, 6.45) is 1.56. The number of nitrogens with one attached hydrogen (secondary N) is 2. The van der Waals surface area contributed by atoms with Crippen LogP contribution in [0.25, 0.3) is 10.9 Å². The van der Waals surface area contributed by atoms with Gasteiger partial charge < -0.3 is 19.8 Å². The number of hydrogen-bond donors (Lipinski definition) is 2. The van der Waals surface area contributed by atoms with Crippen LogP contribution in [0, 0.1) is 0 Å². The Balaban J connectivity index is 1.46. The van der Waals surface area contributed by atoms with Gasteiger partial charge in [-0.25, -0.2) is 4.79 Å². The van der Waals surface area contributed by atoms with E-state index in [9.17, 15) is 14.4 Å². The number of ether oxygens (including phenoxy) is 2. The van der Waals surface area contributed by atoms with Crippen molar-refractivity contribution in [1.82, 2.24) is 4.98 Å². The average Bonchev–Trinajstić information content (AvgIpc) is 3.09. The van der Waals surface area contributed by atoms with Gasteiger partial charge in [0.2, 0.25) is 0 Å². The molecule has 0 bridgehead atoms. The van der Waals surface area contributed by atoms with Crippen molar-refractivity contribution < 1.29 is 23.9 Å². The lowest BCUT2D eigenvalue weighted by atomic mass is 10.1. The molecule has 2 heterocycles. The number of carbonyl (C=O) groups is 3. The van der Waals surface area contributed by atoms with Crippen molar-refractivity contribution >= 4 is 34.3 Å². The van der Waals surface area contributed by atoms with E-state index in [4.69, 9.17) is 9.47 Å². The summed E-state index contributed by atoms with van der Waals surface area (Å²) in [5.74, 6) is -0.740. The number of H-pyrrole nitrogens is 1. The van der Waals surface area contributed by atoms with Gasteiger partial charge in [0.05, 0.1) is 11.3 Å². The topological polar surface area (TPSA) is 97.5 Å². The molecule has 0 unspecified atom stereocenters. The number of aromatic nitrogens is 1. The number of aromatic amines is 1. The highest BCUT2D eigenvalue weighted by atomic mass is 16.5. The molecule has 26 heavy (non-hydrogen) atoms. The van der Waals surface area contributed by atoms with Crippen LogP contribution in [0.5, 0.6) is 5.75 Å². The number of fused-ring (bicyclic) bond motifs is 2. The van der Waals surface area contributed by atoms with Crippen molar-refractivity contribution in [2.75, 3.05) is 18.5 Å². The Kier molecular flexibility index (Phi) is 3.89. The van der Waals surface area contributed by atoms with Gasteiger partial charge in [0.1, 0.15) is 5.75 Å². The predicted octanol–water partition coefficient (Wildman–Crippen LogP) is 2.54. The van der Waals surface area contributed by atoms with E-state index >= 15 is 0 Å². The van der Waals surface area contributed by atoms with Gasteiger partial charge in [-0.2, -0.15) is 0 Å². The first-order valence-corrected chi connectivity index (χ1v) is 7.95. The molecule has 3 aromatic rings. The third-order valence-electron chi connectivity index (χ3n) is 4.08. The molecule has 1 aliphatic rings. The molecule has 130 valence electrons. The molecule has 0 fully saturated rings. The van der Waals surface area contributed by atoms with Gasteiger partial charge >= 0.3 is 5.97 Å². The molecule has 7 nitrogen and oxygen atoms in total. The molecule has 1 amide bonds. The van der Waals surface area contributed by atoms with Crippen LogP contribution in [0.4, 0.5) is 5.69 Å². The highest BCUT2D eigenvalue weighted by Crippen LogP contribution is 2.28. The Labute approximate surface area is 147 Å². The van der Waals surface area contributed by atoms with Crippen molar-refractivity contribution in [2.45, 2.75) is 0 Å². The number of Topliss-reactive ketones (excluding diaryl/α,β-unsaturated/α-hetero) is 1. The number of para-hydroxylation sites is 1. The second-order valence-electron chi connectivity index (χ2n) is 5.80. The van der Waals surface area contributed by atoms with Crippen LogP contribution in [0.1, 0.15) is 20.7 Å². The SMILES string of the molecule is O=C1COc2ccc(C(=O)COC(=O)c3c[nH]c4ccccc34)cc2N1. The van der Waals surface area contributed by atoms with Crippen molar-refractivity contribution in [3.05, 3.63) is 59.8 Å². The summed E-state index contributed by atoms with van der Waals surface area (Å²) in [6.45, 7) is -0.450. The van der Waals surface area contributed by atoms with E-state index < -0.39 is 12.6 Å². The minimum Gasteiger partial charge on any atom is -0.482 e. The number of carbonyl (C=O) groups excluding carboxylic acids is 3. The molecule has 2 N–H and O–H groups in total. The highest BCUT2D eigenvalue weighted by Gasteiger charge is 2.19. The van der Waals surface area contributed by atoms with E-state index in [1.54, 1.807) is 24.4 Å². The molecule has 4 rings (SSSR count). The summed E-state index contributed by atoms with van der Waals surface area (Å²) in [5, 5.41) is 3.37. The quantitative estimate of drug-likeness (QED) is 0.557. The smallest absolute Gasteiger partial charge is 0.340 e. The Morgan fingerprint density at radius 1 is 1.15 bits per heavy atom. The van der Waals surface area contributed by atoms with E-state index in [-0.39, 0.29) is 18.3 Å². The summed E-state index contributed by atoms with van der Waals surface area (Å²) in [6, 6.07) is 12.0. The number of hydrogen-bond acceptors (Lipinski definition) is 5. The first-order chi connectivity index (χ1) is 12.6. The highest BCUT2D eigenvalue weighted by molar-refractivity contribution is 6.06. The number of anilines is 1. The van der Waals surface area contributed by atoms with Gasteiger partial charge in [0.15, 0.2) is 19.0 Å². The fraction of sp³-hybridized carbons (Fsp3) is 0.105. The second kappa shape index (κ2) is 6.36. The van der Waals surface area contributed by atoms with Crippen LogP contribution in [0.3, 0.4) is 0 Å². The Morgan fingerprint density at radius 3 is 2.88 bits per heavy atom. The molecule has 0 spiro atoms. The summed E-state index contributed by atoms with van der Waals surface area (Å²) >= 11 is 0. The van der Waals surface area contributed by atoms with Crippen LogP contribution in [0.15, 0.2) is 48.7 Å². The van der Waals surface area contributed by atoms with Crippen molar-refractivity contribution in [2.24, 2.45) is 0 Å². The van der Waals surface area contributed by atoms with E-state index in [2.05, 4.69) is 10.3 Å². The van der Waals surface area contributed by atoms with Crippen LogP contribution >= 0.6 is 0 Å². The monoisotopic (exact) mass is 350 g/mol. The third kappa shape index (κ3) is 2.90. The summed E-state index contributed by atoms with van der Waals surface area (Å²) in [5.41, 5.74) is 1.94. The molecule has 0 atom stereocenters. The van der Waals surface area contributed by atoms with Crippen LogP contribution in [-0.2, 0) is 9.53 Å². The van der Waals surface area contributed by atoms with Crippen LogP contribution in [0.2, 0.25) is 0 Å². The first-order valence-electron chi connectivity index (χ1n) is 7.95. The van der Waals surface area contributed by atoms with Crippen LogP contribution in [-0.4, -0.2) is 35.9 Å². The first kappa shape index (κ1) is 15.9. The van der Waals surface area contributed by atoms with Crippen molar-refractivity contribution in [3.63, 3.8) is 0 Å². The maximum absolute atomic E-state index is 12.3. The van der Waals surface area contributed by atoms with Gasteiger partial charge in [-0.15, -0.1) is 0 Å². The lowest BCUT2D eigenvalue weighted by molar-refractivity contribution is -0.118. The maximum atomic E-state index is 12.3. The van der Waals surface area contributed by atoms with Crippen molar-refractivity contribution in [3.8, 4) is 5.75 Å². The Bertz CT molecular complexity index is 1040. The maximum Gasteiger partial charge on any atom is 0.340 e. The number of rotatable bonds is 4. The lowest BCUT2D eigenvalue weighted by Crippen LogP contribution is -2.25. The Morgan fingerprint density at radius 2 is 2.00 bits per heavy atom. The van der Waals surface area contributed by atoms with E-state index in [1.165, 1.54) is 6.07 Å². The Hall–Kier alpha value is -3.61. The largest absolute Gasteiger partial charge is 0.482 e. The van der Waals surface area contributed by atoms with Crippen LogP contribution < -0.4 is 10.1 Å². The minimum absolute atomic E-state index is 0.0530. The van der Waals surface area contributed by atoms with E-state index in [0.717, 1.165) is 10.9 Å². The fourth-order valence-corrected chi connectivity index (χ4v) is 2.79. The molecule has 0 saturated carbocycles. The van der Waals surface area contributed by atoms with E-state index in [0.29, 0.717) is 22.6 Å². The number of esters is 1. The zero-order valence-corrected chi connectivity index (χ0v) is 13.6. The average molecular weight is 350 g/mol. The third-order valence-corrected chi connectivity index (χ3v) is 4.08. The summed E-state index contributed by atoms with van der Waals surface area (Å²) in [7, 11) is 0. The molecule has 0 radical (unpaired) electrons. The molecule has 1 aliphatic heterocycles. The molecular formula is C19H14N2O5. The van der Waals surface area contributed by atoms with Gasteiger partial charge in [0, 0.05) is 22.7 Å². The van der Waals surface area contributed by atoms with Gasteiger partial charge in [0.25, 0.3) is 5.91 Å². The molecule has 0 aliphatic carbocycles. The number of ketones is 1. The second-order valence-corrected chi connectivity index (χ2v) is 5.80. The zero-order valence-electron chi connectivity index (χ0n) is 13.6. The number of amides is 1. The molecule has 0 saturated heterocycles. The molecule has 1 aromatic heterocycles. The molecular weight excluding hydrogens is 336 g/mol. The zero-order chi connectivity index (χ0) is 18.1. The predicted molar refractivity (Wildman–Crippen MR) is 93.5 cm³/mol. The summed E-state index contributed by atoms with van der Waals surface area (Å²) in [4.78, 5) is 38.9. The minimum atomic E-state index is -0.578. The van der Waals surface area contributed by atoms with Gasteiger partial charge in [-0.3, -0.25) is 9.59 Å². The molecule has 2 aromatic carbocycles. The summed E-state index contributed by atoms with van der Waals surface area (Å²) < 4.78 is 10.4. The molecule has 7 heteroatoms. The van der Waals surface area contributed by atoms with Gasteiger partial charge in [-0.05, 0) is 24.3 Å². The lowest BCUT2D eigenvalue weighted by Gasteiger charge is -2.18. The standard InChI is InChI=1S/C19H14N2O5/c22-16(11-5-6-17-15(7-11)21-18(23)10-25-17)9-26-19(24)13-8-20-14-4-2-1-3-12(13)14/h1-8,20H,9-10H2,(H,21,23).